The van der Waals surface area contributed by atoms with E-state index < -0.39 is 0 Å². The van der Waals surface area contributed by atoms with E-state index in [4.69, 9.17) is 23.2 Å². The van der Waals surface area contributed by atoms with Crippen molar-refractivity contribution < 1.29 is 0 Å². The molecule has 2 rings (SSSR count). The zero-order valence-corrected chi connectivity index (χ0v) is 12.8. The van der Waals surface area contributed by atoms with Crippen molar-refractivity contribution in [3.63, 3.8) is 0 Å². The Morgan fingerprint density at radius 2 is 2.16 bits per heavy atom. The molecule has 19 heavy (non-hydrogen) atoms. The van der Waals surface area contributed by atoms with Gasteiger partial charge in [-0.15, -0.1) is 11.3 Å². The molecule has 0 bridgehead atoms. The van der Waals surface area contributed by atoms with Gasteiger partial charge in [0.25, 0.3) is 5.56 Å². The SMILES string of the molecule is CC(C)n1ncc(NCc2ccc(Cl)s2)c(Cl)c1=O. The van der Waals surface area contributed by atoms with Crippen molar-refractivity contribution in [2.45, 2.75) is 26.4 Å². The lowest BCUT2D eigenvalue weighted by molar-refractivity contribution is 0.503. The number of nitrogens with zero attached hydrogens (tertiary/aromatic N) is 2. The fraction of sp³-hybridized carbons (Fsp3) is 0.333. The van der Waals surface area contributed by atoms with Gasteiger partial charge in [-0.1, -0.05) is 23.2 Å². The number of hydrogen-bond donors (Lipinski definition) is 1. The van der Waals surface area contributed by atoms with Crippen LogP contribution in [0.5, 0.6) is 0 Å². The van der Waals surface area contributed by atoms with Crippen LogP contribution < -0.4 is 10.9 Å². The normalized spacial score (nSPS) is 11.0. The Morgan fingerprint density at radius 1 is 1.42 bits per heavy atom. The third-order valence-corrected chi connectivity index (χ3v) is 4.11. The molecule has 1 N–H and O–H groups in total. The molecule has 0 aliphatic rings. The van der Waals surface area contributed by atoms with E-state index in [2.05, 4.69) is 10.4 Å². The van der Waals surface area contributed by atoms with E-state index in [0.29, 0.717) is 12.2 Å². The Bertz CT molecular complexity index is 636. The number of hydrogen-bond acceptors (Lipinski definition) is 4. The quantitative estimate of drug-likeness (QED) is 0.932. The molecule has 0 aliphatic heterocycles. The molecule has 102 valence electrons. The molecule has 4 nitrogen and oxygen atoms in total. The van der Waals surface area contributed by atoms with E-state index in [0.717, 1.165) is 9.21 Å². The van der Waals surface area contributed by atoms with Gasteiger partial charge < -0.3 is 5.32 Å². The Hall–Kier alpha value is -1.04. The predicted octanol–water partition coefficient (Wildman–Crippen LogP) is 3.80. The second kappa shape index (κ2) is 5.94. The first-order valence-corrected chi connectivity index (χ1v) is 7.31. The van der Waals surface area contributed by atoms with Crippen LogP contribution in [0.4, 0.5) is 5.69 Å². The summed E-state index contributed by atoms with van der Waals surface area (Å²) in [6, 6.07) is 3.74. The van der Waals surface area contributed by atoms with Gasteiger partial charge in [0.15, 0.2) is 0 Å². The van der Waals surface area contributed by atoms with E-state index in [-0.39, 0.29) is 16.6 Å². The summed E-state index contributed by atoms with van der Waals surface area (Å²) in [5.74, 6) is 0. The van der Waals surface area contributed by atoms with Gasteiger partial charge in [0, 0.05) is 11.4 Å². The van der Waals surface area contributed by atoms with Crippen LogP contribution in [0, 0.1) is 0 Å². The molecule has 0 aliphatic carbocycles. The van der Waals surface area contributed by atoms with Crippen LogP contribution in [0.3, 0.4) is 0 Å². The summed E-state index contributed by atoms with van der Waals surface area (Å²) in [5.41, 5.74) is 0.249. The van der Waals surface area contributed by atoms with Gasteiger partial charge >= 0.3 is 0 Å². The molecular formula is C12H13Cl2N3OS. The van der Waals surface area contributed by atoms with Gasteiger partial charge in [-0.2, -0.15) is 5.10 Å². The van der Waals surface area contributed by atoms with Crippen LogP contribution in [-0.4, -0.2) is 9.78 Å². The minimum atomic E-state index is -0.286. The smallest absolute Gasteiger partial charge is 0.287 e. The molecule has 0 fully saturated rings. The summed E-state index contributed by atoms with van der Waals surface area (Å²) in [6.07, 6.45) is 1.57. The number of aromatic nitrogens is 2. The molecule has 2 heterocycles. The van der Waals surface area contributed by atoms with E-state index in [1.54, 1.807) is 6.20 Å². The largest absolute Gasteiger partial charge is 0.377 e. The summed E-state index contributed by atoms with van der Waals surface area (Å²) in [6.45, 7) is 4.32. The van der Waals surface area contributed by atoms with E-state index in [1.165, 1.54) is 16.0 Å². The van der Waals surface area contributed by atoms with Crippen molar-refractivity contribution in [3.8, 4) is 0 Å². The lowest BCUT2D eigenvalue weighted by Gasteiger charge is -2.11. The monoisotopic (exact) mass is 317 g/mol. The number of halogens is 2. The van der Waals surface area contributed by atoms with Gasteiger partial charge in [0.05, 0.1) is 22.3 Å². The van der Waals surface area contributed by atoms with E-state index in [1.807, 2.05) is 26.0 Å². The summed E-state index contributed by atoms with van der Waals surface area (Å²) in [5, 5.41) is 7.34. The lowest BCUT2D eigenvalue weighted by Crippen LogP contribution is -2.25. The highest BCUT2D eigenvalue weighted by Gasteiger charge is 2.11. The van der Waals surface area contributed by atoms with Crippen LogP contribution in [0.15, 0.2) is 23.1 Å². The average Bonchev–Trinajstić information content (AvgIpc) is 2.76. The molecule has 0 amide bonds. The van der Waals surface area contributed by atoms with Gasteiger partial charge in [0.2, 0.25) is 0 Å². The third kappa shape index (κ3) is 3.29. The number of thiophene rings is 1. The first-order valence-electron chi connectivity index (χ1n) is 5.74. The molecule has 0 radical (unpaired) electrons. The highest BCUT2D eigenvalue weighted by Crippen LogP contribution is 2.23. The minimum absolute atomic E-state index is 0.0184. The fourth-order valence-electron chi connectivity index (χ4n) is 1.57. The zero-order valence-electron chi connectivity index (χ0n) is 10.5. The minimum Gasteiger partial charge on any atom is -0.377 e. The lowest BCUT2D eigenvalue weighted by atomic mass is 10.3. The molecule has 0 unspecified atom stereocenters. The van der Waals surface area contributed by atoms with Crippen LogP contribution in [-0.2, 0) is 6.54 Å². The Kier molecular flexibility index (Phi) is 4.50. The van der Waals surface area contributed by atoms with Crippen molar-refractivity contribution >= 4 is 40.2 Å². The van der Waals surface area contributed by atoms with Crippen molar-refractivity contribution in [2.75, 3.05) is 5.32 Å². The summed E-state index contributed by atoms with van der Waals surface area (Å²) >= 11 is 13.4. The van der Waals surface area contributed by atoms with Gasteiger partial charge in [-0.05, 0) is 26.0 Å². The maximum atomic E-state index is 12.0. The van der Waals surface area contributed by atoms with Crippen molar-refractivity contribution in [1.29, 1.82) is 0 Å². The van der Waals surface area contributed by atoms with Crippen LogP contribution >= 0.6 is 34.5 Å². The van der Waals surface area contributed by atoms with Gasteiger partial charge in [-0.3, -0.25) is 4.79 Å². The van der Waals surface area contributed by atoms with Crippen LogP contribution in [0.1, 0.15) is 24.8 Å². The molecule has 2 aromatic rings. The molecule has 0 saturated heterocycles. The average molecular weight is 318 g/mol. The predicted molar refractivity (Wildman–Crippen MR) is 80.5 cm³/mol. The second-order valence-electron chi connectivity index (χ2n) is 4.28. The molecule has 0 aromatic carbocycles. The summed E-state index contributed by atoms with van der Waals surface area (Å²) in [4.78, 5) is 13.0. The Balaban J connectivity index is 2.18. The summed E-state index contributed by atoms with van der Waals surface area (Å²) in [7, 11) is 0. The molecule has 0 atom stereocenters. The maximum absolute atomic E-state index is 12.0. The first-order chi connectivity index (χ1) is 8.99. The summed E-state index contributed by atoms with van der Waals surface area (Å²) < 4.78 is 2.09. The van der Waals surface area contributed by atoms with E-state index in [9.17, 15) is 4.79 Å². The van der Waals surface area contributed by atoms with E-state index >= 15 is 0 Å². The number of rotatable bonds is 4. The molecule has 7 heteroatoms. The Labute approximate surface area is 125 Å². The molecule has 0 saturated carbocycles. The van der Waals surface area contributed by atoms with Gasteiger partial charge in [-0.25, -0.2) is 4.68 Å². The van der Waals surface area contributed by atoms with Crippen LogP contribution in [0.2, 0.25) is 9.36 Å². The molecular weight excluding hydrogens is 305 g/mol. The highest BCUT2D eigenvalue weighted by molar-refractivity contribution is 7.16. The zero-order chi connectivity index (χ0) is 14.0. The Morgan fingerprint density at radius 3 is 2.74 bits per heavy atom. The molecule has 2 aromatic heterocycles. The van der Waals surface area contributed by atoms with Crippen LogP contribution in [0.25, 0.3) is 0 Å². The standard InChI is InChI=1S/C12H13Cl2N3OS/c1-7(2)17-12(18)11(14)9(6-16-17)15-5-8-3-4-10(13)19-8/h3-4,6-7,15H,5H2,1-2H3. The highest BCUT2D eigenvalue weighted by atomic mass is 35.5. The number of anilines is 1. The van der Waals surface area contributed by atoms with Crippen molar-refractivity contribution in [2.24, 2.45) is 0 Å². The van der Waals surface area contributed by atoms with Gasteiger partial charge in [0.1, 0.15) is 5.02 Å². The first kappa shape index (κ1) is 14.4. The van der Waals surface area contributed by atoms with Crippen molar-refractivity contribution in [1.82, 2.24) is 9.78 Å². The second-order valence-corrected chi connectivity index (χ2v) is 6.45. The third-order valence-electron chi connectivity index (χ3n) is 2.51. The fourth-order valence-corrected chi connectivity index (χ4v) is 2.79. The van der Waals surface area contributed by atoms with Crippen molar-refractivity contribution in [3.05, 3.63) is 42.9 Å². The maximum Gasteiger partial charge on any atom is 0.287 e. The number of nitrogens with one attached hydrogen (secondary N) is 1. The topological polar surface area (TPSA) is 46.9 Å². The molecule has 0 spiro atoms.